The van der Waals surface area contributed by atoms with Crippen LogP contribution in [0.15, 0.2) is 18.2 Å². The van der Waals surface area contributed by atoms with Crippen LogP contribution in [0.25, 0.3) is 0 Å². The molecular weight excluding hydrogens is 213 g/mol. The maximum absolute atomic E-state index is 12.8. The average molecular weight is 225 g/mol. The highest BCUT2D eigenvalue weighted by molar-refractivity contribution is 6.04. The van der Waals surface area contributed by atoms with Gasteiger partial charge < -0.3 is 10.4 Å². The molecule has 1 amide bonds. The van der Waals surface area contributed by atoms with Gasteiger partial charge >= 0.3 is 5.97 Å². The minimum Gasteiger partial charge on any atom is -0.481 e. The summed E-state index contributed by atoms with van der Waals surface area (Å²) >= 11 is 0. The van der Waals surface area contributed by atoms with E-state index in [1.807, 2.05) is 0 Å². The van der Waals surface area contributed by atoms with E-state index in [0.717, 1.165) is 0 Å². The van der Waals surface area contributed by atoms with Gasteiger partial charge in [-0.25, -0.2) is 4.39 Å². The lowest BCUT2D eigenvalue weighted by Gasteiger charge is -2.10. The number of benzene rings is 1. The summed E-state index contributed by atoms with van der Waals surface area (Å²) in [5.41, 5.74) is 0.963. The van der Waals surface area contributed by atoms with Crippen molar-refractivity contribution in [3.05, 3.63) is 29.6 Å². The van der Waals surface area contributed by atoms with Gasteiger partial charge in [0.05, 0.1) is 0 Å². The van der Waals surface area contributed by atoms with Crippen LogP contribution in [-0.4, -0.2) is 17.0 Å². The quantitative estimate of drug-likeness (QED) is 0.771. The summed E-state index contributed by atoms with van der Waals surface area (Å²) in [6.07, 6.45) is 0. The van der Waals surface area contributed by atoms with Crippen LogP contribution < -0.4 is 5.32 Å². The van der Waals surface area contributed by atoms with E-state index in [2.05, 4.69) is 5.32 Å². The van der Waals surface area contributed by atoms with Gasteiger partial charge in [0, 0.05) is 5.69 Å². The van der Waals surface area contributed by atoms with Crippen LogP contribution in [0.3, 0.4) is 0 Å². The van der Waals surface area contributed by atoms with Crippen LogP contribution in [0.2, 0.25) is 0 Å². The lowest BCUT2D eigenvalue weighted by Crippen LogP contribution is -2.27. The van der Waals surface area contributed by atoms with Gasteiger partial charge in [0.15, 0.2) is 0 Å². The highest BCUT2D eigenvalue weighted by Crippen LogP contribution is 2.16. The largest absolute Gasteiger partial charge is 0.481 e. The SMILES string of the molecule is Cc1cc(F)ccc1NC(=O)C(C)C(=O)O. The molecule has 0 saturated heterocycles. The van der Waals surface area contributed by atoms with E-state index in [4.69, 9.17) is 5.11 Å². The van der Waals surface area contributed by atoms with E-state index in [1.54, 1.807) is 6.92 Å². The van der Waals surface area contributed by atoms with Gasteiger partial charge in [-0.2, -0.15) is 0 Å². The summed E-state index contributed by atoms with van der Waals surface area (Å²) in [5, 5.41) is 11.1. The molecule has 0 bridgehead atoms. The fourth-order valence-corrected chi connectivity index (χ4v) is 1.12. The molecule has 0 aliphatic heterocycles. The van der Waals surface area contributed by atoms with E-state index in [-0.39, 0.29) is 0 Å². The zero-order valence-corrected chi connectivity index (χ0v) is 8.95. The highest BCUT2D eigenvalue weighted by atomic mass is 19.1. The summed E-state index contributed by atoms with van der Waals surface area (Å²) in [7, 11) is 0. The van der Waals surface area contributed by atoms with Crippen molar-refractivity contribution in [1.29, 1.82) is 0 Å². The number of carboxylic acid groups (broad SMARTS) is 1. The Balaban J connectivity index is 2.81. The molecule has 0 spiro atoms. The topological polar surface area (TPSA) is 66.4 Å². The molecule has 1 aromatic rings. The molecule has 0 saturated carbocycles. The Bertz CT molecular complexity index is 431. The summed E-state index contributed by atoms with van der Waals surface area (Å²) < 4.78 is 12.8. The number of aryl methyl sites for hydroxylation is 1. The van der Waals surface area contributed by atoms with Gasteiger partial charge in [-0.1, -0.05) is 0 Å². The molecule has 5 heteroatoms. The maximum Gasteiger partial charge on any atom is 0.315 e. The van der Waals surface area contributed by atoms with Gasteiger partial charge in [0.2, 0.25) is 5.91 Å². The number of halogens is 1. The second-order valence-electron chi connectivity index (χ2n) is 3.51. The summed E-state index contributed by atoms with van der Waals surface area (Å²) in [4.78, 5) is 22.0. The molecule has 1 aromatic carbocycles. The van der Waals surface area contributed by atoms with Crippen molar-refractivity contribution < 1.29 is 19.1 Å². The first-order valence-corrected chi connectivity index (χ1v) is 4.71. The lowest BCUT2D eigenvalue weighted by atomic mass is 10.1. The zero-order valence-electron chi connectivity index (χ0n) is 8.95. The number of aliphatic carboxylic acids is 1. The average Bonchev–Trinajstić information content (AvgIpc) is 2.20. The third-order valence-electron chi connectivity index (χ3n) is 2.21. The number of carbonyl (C=O) groups excluding carboxylic acids is 1. The fourth-order valence-electron chi connectivity index (χ4n) is 1.12. The van der Waals surface area contributed by atoms with Crippen LogP contribution in [-0.2, 0) is 9.59 Å². The number of nitrogens with one attached hydrogen (secondary N) is 1. The van der Waals surface area contributed by atoms with Gasteiger partial charge in [-0.3, -0.25) is 9.59 Å². The molecule has 16 heavy (non-hydrogen) atoms. The number of hydrogen-bond donors (Lipinski definition) is 2. The number of amides is 1. The molecule has 2 N–H and O–H groups in total. The van der Waals surface area contributed by atoms with Gasteiger partial charge in [0.25, 0.3) is 0 Å². The Hall–Kier alpha value is -1.91. The summed E-state index contributed by atoms with van der Waals surface area (Å²) in [5.74, 6) is -3.36. The molecule has 86 valence electrons. The summed E-state index contributed by atoms with van der Waals surface area (Å²) in [6, 6.07) is 3.87. The standard InChI is InChI=1S/C11H12FNO3/c1-6-5-8(12)3-4-9(6)13-10(14)7(2)11(15)16/h3-5,7H,1-2H3,(H,13,14)(H,15,16). The van der Waals surface area contributed by atoms with Gasteiger partial charge in [0.1, 0.15) is 11.7 Å². The Labute approximate surface area is 92.1 Å². The van der Waals surface area contributed by atoms with E-state index in [9.17, 15) is 14.0 Å². The van der Waals surface area contributed by atoms with Crippen LogP contribution in [0.1, 0.15) is 12.5 Å². The smallest absolute Gasteiger partial charge is 0.315 e. The third-order valence-corrected chi connectivity index (χ3v) is 2.21. The van der Waals surface area contributed by atoms with Gasteiger partial charge in [-0.05, 0) is 37.6 Å². The molecule has 0 heterocycles. The van der Waals surface area contributed by atoms with Crippen molar-refractivity contribution in [1.82, 2.24) is 0 Å². The van der Waals surface area contributed by atoms with Gasteiger partial charge in [-0.15, -0.1) is 0 Å². The van der Waals surface area contributed by atoms with Crippen molar-refractivity contribution in [2.45, 2.75) is 13.8 Å². The number of carbonyl (C=O) groups is 2. The monoisotopic (exact) mass is 225 g/mol. The molecule has 4 nitrogen and oxygen atoms in total. The maximum atomic E-state index is 12.8. The number of hydrogen-bond acceptors (Lipinski definition) is 2. The van der Waals surface area contributed by atoms with Crippen molar-refractivity contribution in [2.24, 2.45) is 5.92 Å². The Kier molecular flexibility index (Phi) is 3.60. The minimum absolute atomic E-state index is 0.401. The van der Waals surface area contributed by atoms with E-state index < -0.39 is 23.6 Å². The normalized spacial score (nSPS) is 11.9. The molecule has 1 unspecified atom stereocenters. The number of rotatable bonds is 3. The second-order valence-corrected chi connectivity index (χ2v) is 3.51. The Morgan fingerprint density at radius 3 is 2.56 bits per heavy atom. The fraction of sp³-hybridized carbons (Fsp3) is 0.273. The Morgan fingerprint density at radius 1 is 1.44 bits per heavy atom. The van der Waals surface area contributed by atoms with Crippen LogP contribution in [0.5, 0.6) is 0 Å². The molecule has 1 atom stereocenters. The van der Waals surface area contributed by atoms with E-state index >= 15 is 0 Å². The summed E-state index contributed by atoms with van der Waals surface area (Å²) in [6.45, 7) is 2.92. The molecule has 0 radical (unpaired) electrons. The first kappa shape index (κ1) is 12.2. The molecule has 1 rings (SSSR count). The first-order chi connectivity index (χ1) is 7.41. The molecule has 0 fully saturated rings. The second kappa shape index (κ2) is 4.74. The van der Waals surface area contributed by atoms with Crippen molar-refractivity contribution in [3.63, 3.8) is 0 Å². The van der Waals surface area contributed by atoms with Crippen molar-refractivity contribution in [3.8, 4) is 0 Å². The molecule has 0 aromatic heterocycles. The number of carboxylic acids is 1. The first-order valence-electron chi connectivity index (χ1n) is 4.71. The number of anilines is 1. The predicted molar refractivity (Wildman–Crippen MR) is 56.6 cm³/mol. The van der Waals surface area contributed by atoms with Crippen LogP contribution in [0.4, 0.5) is 10.1 Å². The zero-order chi connectivity index (χ0) is 12.3. The highest BCUT2D eigenvalue weighted by Gasteiger charge is 2.20. The van der Waals surface area contributed by atoms with Crippen molar-refractivity contribution >= 4 is 17.6 Å². The van der Waals surface area contributed by atoms with Crippen LogP contribution >= 0.6 is 0 Å². The Morgan fingerprint density at radius 2 is 2.06 bits per heavy atom. The molecular formula is C11H12FNO3. The van der Waals surface area contributed by atoms with E-state index in [0.29, 0.717) is 11.3 Å². The molecule has 0 aliphatic rings. The lowest BCUT2D eigenvalue weighted by molar-refractivity contribution is -0.144. The van der Waals surface area contributed by atoms with Crippen LogP contribution in [0, 0.1) is 18.7 Å². The molecule has 0 aliphatic carbocycles. The minimum atomic E-state index is -1.20. The third kappa shape index (κ3) is 2.79. The predicted octanol–water partition coefficient (Wildman–Crippen LogP) is 1.79. The van der Waals surface area contributed by atoms with Crippen molar-refractivity contribution in [2.75, 3.05) is 5.32 Å². The van der Waals surface area contributed by atoms with E-state index in [1.165, 1.54) is 25.1 Å².